The summed E-state index contributed by atoms with van der Waals surface area (Å²) in [6, 6.07) is 19.0. The molecule has 232 valence electrons. The van der Waals surface area contributed by atoms with Crippen LogP contribution in [0.15, 0.2) is 87.5 Å². The first-order valence-corrected chi connectivity index (χ1v) is 17.1. The van der Waals surface area contributed by atoms with E-state index >= 15 is 0 Å². The van der Waals surface area contributed by atoms with Crippen LogP contribution in [0.3, 0.4) is 0 Å². The maximum Gasteiger partial charge on any atom is 0.524 e. The zero-order valence-corrected chi connectivity index (χ0v) is 25.8. The lowest BCUT2D eigenvalue weighted by Crippen LogP contribution is -2.27. The molecule has 0 atom stereocenters. The normalized spacial score (nSPS) is 12.6. The number of rotatable bonds is 17. The van der Waals surface area contributed by atoms with Crippen LogP contribution in [0, 0.1) is 0 Å². The molecule has 0 radical (unpaired) electrons. The van der Waals surface area contributed by atoms with Crippen LogP contribution in [0.4, 0.5) is 13.2 Å². The number of hydrogen-bond acceptors (Lipinski definition) is 6. The van der Waals surface area contributed by atoms with Gasteiger partial charge in [-0.15, -0.1) is 0 Å². The fraction of sp³-hybridized carbons (Fsp3) is 0.419. The molecule has 0 amide bonds. The molecule has 3 aromatic carbocycles. The Bertz CT molecular complexity index is 1200. The van der Waals surface area contributed by atoms with Crippen molar-refractivity contribution in [3.63, 3.8) is 0 Å². The van der Waals surface area contributed by atoms with Gasteiger partial charge in [-0.25, -0.2) is 0 Å². The summed E-state index contributed by atoms with van der Waals surface area (Å²) < 4.78 is 89.6. The third-order valence-electron chi connectivity index (χ3n) is 6.24. The Balaban J connectivity index is 2.19. The summed E-state index contributed by atoms with van der Waals surface area (Å²) in [4.78, 5) is 0.743. The van der Waals surface area contributed by atoms with Gasteiger partial charge in [0.05, 0.1) is 19.8 Å². The predicted octanol–water partition coefficient (Wildman–Crippen LogP) is 9.29. The van der Waals surface area contributed by atoms with Gasteiger partial charge in [-0.3, -0.25) is 0 Å². The van der Waals surface area contributed by atoms with Crippen LogP contribution >= 0.6 is 10.3 Å². The second-order valence-electron chi connectivity index (χ2n) is 9.54. The average molecular weight is 629 g/mol. The zero-order chi connectivity index (χ0) is 30.6. The van der Waals surface area contributed by atoms with E-state index in [0.29, 0.717) is 37.1 Å². The SMILES string of the molecule is CCCCOc1ccc(S(OS(=O)(=O)C(F)(F)F)(c2ccc(OCCCC)cc2)c2ccc(OCCCC)cc2)cc1. The molecule has 0 saturated heterocycles. The van der Waals surface area contributed by atoms with E-state index in [4.69, 9.17) is 17.8 Å². The van der Waals surface area contributed by atoms with E-state index < -0.39 is 25.9 Å². The van der Waals surface area contributed by atoms with E-state index in [0.717, 1.165) is 38.5 Å². The third kappa shape index (κ3) is 8.58. The van der Waals surface area contributed by atoms with E-state index in [-0.39, 0.29) is 14.7 Å². The number of unbranched alkanes of at least 4 members (excludes halogenated alkanes) is 3. The molecular weight excluding hydrogens is 589 g/mol. The maximum absolute atomic E-state index is 13.9. The summed E-state index contributed by atoms with van der Waals surface area (Å²) in [6.07, 6.45) is 5.32. The van der Waals surface area contributed by atoms with Gasteiger partial charge < -0.3 is 14.2 Å². The molecule has 0 bridgehead atoms. The van der Waals surface area contributed by atoms with Crippen molar-refractivity contribution >= 4 is 20.4 Å². The lowest BCUT2D eigenvalue weighted by atomic mass is 10.3. The Morgan fingerprint density at radius 3 is 1.07 bits per heavy atom. The van der Waals surface area contributed by atoms with Crippen molar-refractivity contribution in [2.45, 2.75) is 79.5 Å². The van der Waals surface area contributed by atoms with Gasteiger partial charge in [0.25, 0.3) is 0 Å². The monoisotopic (exact) mass is 628 g/mol. The Kier molecular flexibility index (Phi) is 12.4. The van der Waals surface area contributed by atoms with Crippen LogP contribution in [-0.4, -0.2) is 33.7 Å². The summed E-state index contributed by atoms with van der Waals surface area (Å²) in [5, 5.41) is 0. The molecule has 0 fully saturated rings. The molecule has 0 N–H and O–H groups in total. The summed E-state index contributed by atoms with van der Waals surface area (Å²) >= 11 is 0. The topological polar surface area (TPSA) is 71.1 Å². The van der Waals surface area contributed by atoms with Crippen LogP contribution < -0.4 is 14.2 Å². The van der Waals surface area contributed by atoms with Crippen molar-refractivity contribution in [1.82, 2.24) is 0 Å². The van der Waals surface area contributed by atoms with Gasteiger partial charge in [-0.2, -0.15) is 25.2 Å². The Labute approximate surface area is 248 Å². The minimum Gasteiger partial charge on any atom is -0.494 e. The fourth-order valence-corrected chi connectivity index (χ4v) is 8.59. The molecule has 0 spiro atoms. The van der Waals surface area contributed by atoms with Gasteiger partial charge >= 0.3 is 15.6 Å². The molecule has 0 aromatic heterocycles. The van der Waals surface area contributed by atoms with Gasteiger partial charge in [0, 0.05) is 14.7 Å². The fourth-order valence-electron chi connectivity index (χ4n) is 3.88. The van der Waals surface area contributed by atoms with Gasteiger partial charge in [0.15, 0.2) is 0 Å². The quantitative estimate of drug-likeness (QED) is 0.110. The average Bonchev–Trinajstić information content (AvgIpc) is 2.97. The summed E-state index contributed by atoms with van der Waals surface area (Å²) in [5.74, 6) is 1.54. The highest BCUT2D eigenvalue weighted by Gasteiger charge is 2.52. The Morgan fingerprint density at radius 2 is 0.833 bits per heavy atom. The number of alkyl halides is 3. The first-order valence-electron chi connectivity index (χ1n) is 14.1. The predicted molar refractivity (Wildman–Crippen MR) is 159 cm³/mol. The van der Waals surface area contributed by atoms with E-state index in [1.54, 1.807) is 72.8 Å². The molecule has 3 aromatic rings. The third-order valence-corrected chi connectivity index (χ3v) is 11.2. The number of ether oxygens (including phenoxy) is 3. The van der Waals surface area contributed by atoms with Gasteiger partial charge in [-0.1, -0.05) is 40.0 Å². The van der Waals surface area contributed by atoms with Crippen LogP contribution in [0.1, 0.15) is 59.3 Å². The molecule has 0 aliphatic rings. The molecular formula is C31H39F3O6S2. The molecule has 11 heteroatoms. The molecule has 42 heavy (non-hydrogen) atoms. The zero-order valence-electron chi connectivity index (χ0n) is 24.2. The van der Waals surface area contributed by atoms with Crippen molar-refractivity contribution in [1.29, 1.82) is 0 Å². The summed E-state index contributed by atoms with van der Waals surface area (Å²) in [7, 11) is -9.51. The molecule has 0 unspecified atom stereocenters. The smallest absolute Gasteiger partial charge is 0.494 e. The molecule has 0 heterocycles. The molecule has 0 aliphatic carbocycles. The van der Waals surface area contributed by atoms with Crippen molar-refractivity contribution < 1.29 is 39.4 Å². The largest absolute Gasteiger partial charge is 0.524 e. The highest BCUT2D eigenvalue weighted by Crippen LogP contribution is 2.71. The number of hydrogen-bond donors (Lipinski definition) is 0. The molecule has 0 saturated carbocycles. The van der Waals surface area contributed by atoms with Gasteiger partial charge in [0.1, 0.15) is 17.2 Å². The first-order chi connectivity index (χ1) is 20.1. The standard InChI is InChI=1S/C31H39F3O6S2/c1-4-7-22-37-25-10-16-28(17-11-25)41(40-42(35,36)31(32,33)34,29-18-12-26(13-19-29)38-23-8-5-2)30-20-14-27(15-21-30)39-24-9-6-3/h10-21H,4-9,22-24H2,1-3H3. The minimum atomic E-state index is -6.04. The van der Waals surface area contributed by atoms with E-state index in [1.165, 1.54) is 0 Å². The van der Waals surface area contributed by atoms with E-state index in [9.17, 15) is 21.6 Å². The molecule has 3 rings (SSSR count). The highest BCUT2D eigenvalue weighted by molar-refractivity contribution is 8.33. The van der Waals surface area contributed by atoms with Crippen LogP contribution in [-0.2, 0) is 13.7 Å². The molecule has 6 nitrogen and oxygen atoms in total. The van der Waals surface area contributed by atoms with E-state index in [2.05, 4.69) is 0 Å². The Morgan fingerprint density at radius 1 is 0.548 bits per heavy atom. The number of benzene rings is 3. The van der Waals surface area contributed by atoms with Crippen LogP contribution in [0.25, 0.3) is 0 Å². The highest BCUT2D eigenvalue weighted by atomic mass is 32.3. The van der Waals surface area contributed by atoms with Gasteiger partial charge in [-0.05, 0) is 102 Å². The van der Waals surface area contributed by atoms with Gasteiger partial charge in [0.2, 0.25) is 0 Å². The van der Waals surface area contributed by atoms with E-state index in [1.807, 2.05) is 20.8 Å². The summed E-state index contributed by atoms with van der Waals surface area (Å²) in [5.41, 5.74) is -5.64. The first kappa shape index (κ1) is 33.6. The van der Waals surface area contributed by atoms with Crippen molar-refractivity contribution in [2.24, 2.45) is 0 Å². The van der Waals surface area contributed by atoms with Crippen LogP contribution in [0.2, 0.25) is 0 Å². The summed E-state index contributed by atoms with van der Waals surface area (Å²) in [6.45, 7) is 7.53. The van der Waals surface area contributed by atoms with Crippen molar-refractivity contribution in [2.75, 3.05) is 19.8 Å². The lowest BCUT2D eigenvalue weighted by Gasteiger charge is -2.39. The minimum absolute atomic E-state index is 0.248. The van der Waals surface area contributed by atoms with Crippen LogP contribution in [0.5, 0.6) is 17.2 Å². The Hall–Kier alpha value is -2.89. The van der Waals surface area contributed by atoms with Crippen molar-refractivity contribution in [3.8, 4) is 17.2 Å². The molecule has 0 aliphatic heterocycles. The maximum atomic E-state index is 13.9. The van der Waals surface area contributed by atoms with Crippen molar-refractivity contribution in [3.05, 3.63) is 72.8 Å². The second kappa shape index (κ2) is 15.5. The second-order valence-corrected chi connectivity index (χ2v) is 14.0. The number of halogens is 3. The lowest BCUT2D eigenvalue weighted by molar-refractivity contribution is -0.0496.